The molecule has 0 saturated heterocycles. The third kappa shape index (κ3) is 5.82. The Balaban J connectivity index is 2.10. The lowest BCUT2D eigenvalue weighted by Crippen LogP contribution is -2.36. The predicted molar refractivity (Wildman–Crippen MR) is 98.3 cm³/mol. The van der Waals surface area contributed by atoms with E-state index < -0.39 is 25.3 Å². The van der Waals surface area contributed by atoms with Crippen LogP contribution < -0.4 is 4.65 Å². The van der Waals surface area contributed by atoms with Crippen molar-refractivity contribution in [2.45, 2.75) is 65.0 Å². The summed E-state index contributed by atoms with van der Waals surface area (Å²) in [4.78, 5) is 35.3. The van der Waals surface area contributed by atoms with Crippen LogP contribution in [-0.4, -0.2) is 36.2 Å². The van der Waals surface area contributed by atoms with E-state index in [2.05, 4.69) is 0 Å². The zero-order valence-electron chi connectivity index (χ0n) is 15.9. The molecule has 146 valence electrons. The zero-order chi connectivity index (χ0) is 20.0. The number of para-hydroxylation sites is 1. The van der Waals surface area contributed by atoms with E-state index in [9.17, 15) is 19.4 Å². The van der Waals surface area contributed by atoms with Crippen molar-refractivity contribution in [3.63, 3.8) is 0 Å². The highest BCUT2D eigenvalue weighted by Gasteiger charge is 2.37. The third-order valence-corrected chi connectivity index (χ3v) is 4.34. The van der Waals surface area contributed by atoms with Gasteiger partial charge < -0.3 is 19.2 Å². The molecule has 7 nitrogen and oxygen atoms in total. The van der Waals surface area contributed by atoms with Gasteiger partial charge in [0.1, 0.15) is 17.1 Å². The van der Waals surface area contributed by atoms with Crippen molar-refractivity contribution < 1.29 is 33.5 Å². The number of benzene rings is 1. The van der Waals surface area contributed by atoms with Gasteiger partial charge in [-0.3, -0.25) is 9.59 Å². The topological polar surface area (TPSA) is 99.1 Å². The fourth-order valence-corrected chi connectivity index (χ4v) is 3.06. The Labute approximate surface area is 159 Å². The van der Waals surface area contributed by atoms with Gasteiger partial charge in [0.2, 0.25) is 6.29 Å². The zero-order valence-corrected chi connectivity index (χ0v) is 15.9. The summed E-state index contributed by atoms with van der Waals surface area (Å²) >= 11 is 0. The first-order valence-electron chi connectivity index (χ1n) is 9.18. The van der Waals surface area contributed by atoms with Crippen molar-refractivity contribution in [3.05, 3.63) is 29.3 Å². The summed E-state index contributed by atoms with van der Waals surface area (Å²) < 4.78 is 15.4. The lowest BCUT2D eigenvalue weighted by Gasteiger charge is -2.28. The molecule has 0 amide bonds. The van der Waals surface area contributed by atoms with E-state index in [1.165, 1.54) is 19.9 Å². The van der Waals surface area contributed by atoms with E-state index in [4.69, 9.17) is 14.1 Å². The first kappa shape index (κ1) is 21.0. The maximum atomic E-state index is 12.4. The second-order valence-corrected chi connectivity index (χ2v) is 6.70. The Kier molecular flexibility index (Phi) is 7.41. The molecule has 0 aliphatic carbocycles. The van der Waals surface area contributed by atoms with Crippen LogP contribution in [-0.2, 0) is 25.5 Å². The third-order valence-electron chi connectivity index (χ3n) is 4.34. The SMILES string of the molecule is CCCCC(=O)C[C@H]1Cc2cccc(C(=O)OC(C)OC(C)=O)c2OB1O. The number of ketones is 1. The van der Waals surface area contributed by atoms with E-state index in [0.29, 0.717) is 12.8 Å². The molecular formula is C19H25BO7. The standard InChI is InChI=1S/C19H25BO7/c1-4-5-8-16(22)11-15-10-14-7-6-9-17(18(14)27-20(15)24)19(23)26-13(3)25-12(2)21/h6-7,9,13,15,24H,4-5,8,10-11H2,1-3H3/t13?,15-/m1/s1. The highest BCUT2D eigenvalue weighted by Crippen LogP contribution is 2.36. The molecule has 2 atom stereocenters. The number of carbonyl (C=O) groups excluding carboxylic acids is 3. The van der Waals surface area contributed by atoms with Crippen LogP contribution in [0.15, 0.2) is 18.2 Å². The van der Waals surface area contributed by atoms with Gasteiger partial charge in [0.15, 0.2) is 0 Å². The Bertz CT molecular complexity index is 703. The number of esters is 2. The Hall–Kier alpha value is -2.35. The smallest absolute Gasteiger partial charge is 0.526 e. The van der Waals surface area contributed by atoms with Crippen LogP contribution in [0.2, 0.25) is 5.82 Å². The summed E-state index contributed by atoms with van der Waals surface area (Å²) in [6.45, 7) is 4.67. The Morgan fingerprint density at radius 1 is 1.33 bits per heavy atom. The molecule has 0 aromatic heterocycles. The van der Waals surface area contributed by atoms with E-state index in [-0.39, 0.29) is 29.3 Å². The Morgan fingerprint density at radius 3 is 2.74 bits per heavy atom. The second kappa shape index (κ2) is 9.55. The molecule has 27 heavy (non-hydrogen) atoms. The monoisotopic (exact) mass is 376 g/mol. The van der Waals surface area contributed by atoms with Gasteiger partial charge in [0, 0.05) is 32.5 Å². The van der Waals surface area contributed by atoms with Crippen LogP contribution >= 0.6 is 0 Å². The molecule has 1 unspecified atom stereocenters. The van der Waals surface area contributed by atoms with Gasteiger partial charge in [-0.1, -0.05) is 25.5 Å². The first-order chi connectivity index (χ1) is 12.8. The number of rotatable bonds is 8. The minimum atomic E-state index is -1.18. The van der Waals surface area contributed by atoms with Crippen molar-refractivity contribution in [2.75, 3.05) is 0 Å². The molecule has 1 aromatic rings. The van der Waals surface area contributed by atoms with Crippen molar-refractivity contribution in [1.29, 1.82) is 0 Å². The number of hydrogen-bond donors (Lipinski definition) is 1. The molecule has 0 radical (unpaired) electrons. The lowest BCUT2D eigenvalue weighted by molar-refractivity contribution is -0.162. The summed E-state index contributed by atoms with van der Waals surface area (Å²) in [5.41, 5.74) is 0.865. The van der Waals surface area contributed by atoms with Gasteiger partial charge in [0.25, 0.3) is 0 Å². The molecule has 0 saturated carbocycles. The van der Waals surface area contributed by atoms with Crippen molar-refractivity contribution in [2.24, 2.45) is 0 Å². The minimum Gasteiger partial charge on any atom is -0.535 e. The molecule has 1 N–H and O–H groups in total. The molecule has 1 aromatic carbocycles. The summed E-state index contributed by atoms with van der Waals surface area (Å²) in [5.74, 6) is -1.30. The number of hydrogen-bond acceptors (Lipinski definition) is 7. The van der Waals surface area contributed by atoms with Crippen LogP contribution in [0.1, 0.15) is 62.4 Å². The summed E-state index contributed by atoms with van der Waals surface area (Å²) in [6.07, 6.45) is 1.88. The van der Waals surface area contributed by atoms with Crippen molar-refractivity contribution >= 4 is 24.8 Å². The molecule has 0 spiro atoms. The van der Waals surface area contributed by atoms with Gasteiger partial charge in [-0.15, -0.1) is 0 Å². The second-order valence-electron chi connectivity index (χ2n) is 6.70. The first-order valence-corrected chi connectivity index (χ1v) is 9.18. The molecule has 1 aliphatic heterocycles. The quantitative estimate of drug-likeness (QED) is 0.423. The number of unbranched alkanes of at least 4 members (excludes halogenated alkanes) is 1. The fraction of sp³-hybridized carbons (Fsp3) is 0.526. The number of carbonyl (C=O) groups is 3. The van der Waals surface area contributed by atoms with Gasteiger partial charge in [-0.2, -0.15) is 0 Å². The highest BCUT2D eigenvalue weighted by molar-refractivity contribution is 6.47. The number of Topliss-reactive ketones (excluding diaryl/α,β-unsaturated/α-hetero) is 1. The molecule has 2 rings (SSSR count). The fourth-order valence-electron chi connectivity index (χ4n) is 3.06. The van der Waals surface area contributed by atoms with E-state index in [0.717, 1.165) is 18.4 Å². The lowest BCUT2D eigenvalue weighted by atomic mass is 9.64. The normalized spacial score (nSPS) is 16.7. The van der Waals surface area contributed by atoms with Crippen LogP contribution in [0, 0.1) is 0 Å². The van der Waals surface area contributed by atoms with Gasteiger partial charge >= 0.3 is 19.1 Å². The van der Waals surface area contributed by atoms with Crippen molar-refractivity contribution in [1.82, 2.24) is 0 Å². The van der Waals surface area contributed by atoms with E-state index >= 15 is 0 Å². The molecule has 0 bridgehead atoms. The molecule has 1 heterocycles. The van der Waals surface area contributed by atoms with Gasteiger partial charge in [-0.05, 0) is 24.5 Å². The predicted octanol–water partition coefficient (Wildman–Crippen LogP) is 2.69. The molecule has 1 aliphatic rings. The average Bonchev–Trinajstić information content (AvgIpc) is 2.59. The average molecular weight is 376 g/mol. The van der Waals surface area contributed by atoms with Gasteiger partial charge in [-0.25, -0.2) is 4.79 Å². The Morgan fingerprint density at radius 2 is 2.07 bits per heavy atom. The van der Waals surface area contributed by atoms with Crippen LogP contribution in [0.4, 0.5) is 0 Å². The summed E-state index contributed by atoms with van der Waals surface area (Å²) in [6, 6.07) is 4.99. The van der Waals surface area contributed by atoms with E-state index in [1.54, 1.807) is 12.1 Å². The van der Waals surface area contributed by atoms with Gasteiger partial charge in [0.05, 0.1) is 0 Å². The molecule has 0 fully saturated rings. The maximum absolute atomic E-state index is 12.4. The molecule has 8 heteroatoms. The number of ether oxygens (including phenoxy) is 2. The van der Waals surface area contributed by atoms with Crippen LogP contribution in [0.25, 0.3) is 0 Å². The maximum Gasteiger partial charge on any atom is 0.526 e. The van der Waals surface area contributed by atoms with E-state index in [1.807, 2.05) is 6.92 Å². The minimum absolute atomic E-state index is 0.0960. The van der Waals surface area contributed by atoms with Crippen molar-refractivity contribution in [3.8, 4) is 5.75 Å². The van der Waals surface area contributed by atoms with Crippen LogP contribution in [0.5, 0.6) is 5.75 Å². The molecular weight excluding hydrogens is 351 g/mol. The largest absolute Gasteiger partial charge is 0.535 e. The highest BCUT2D eigenvalue weighted by atomic mass is 16.7. The summed E-state index contributed by atoms with van der Waals surface area (Å²) in [7, 11) is -1.18. The number of fused-ring (bicyclic) bond motifs is 1. The van der Waals surface area contributed by atoms with Crippen LogP contribution in [0.3, 0.4) is 0 Å². The summed E-state index contributed by atoms with van der Waals surface area (Å²) in [5, 5.41) is 10.3.